The summed E-state index contributed by atoms with van der Waals surface area (Å²) in [4.78, 5) is 0. The van der Waals surface area contributed by atoms with Gasteiger partial charge in [-0.1, -0.05) is 0 Å². The topological polar surface area (TPSA) is 21.3 Å². The van der Waals surface area contributed by atoms with Crippen LogP contribution in [0.25, 0.3) is 0 Å². The lowest BCUT2D eigenvalue weighted by Gasteiger charge is -2.30. The van der Waals surface area contributed by atoms with Gasteiger partial charge in [-0.2, -0.15) is 0 Å². The molecule has 1 saturated heterocycles. The quantitative estimate of drug-likeness (QED) is 0.766. The summed E-state index contributed by atoms with van der Waals surface area (Å²) in [6, 6.07) is 0.168. The van der Waals surface area contributed by atoms with Crippen molar-refractivity contribution in [3.05, 3.63) is 0 Å². The van der Waals surface area contributed by atoms with E-state index in [0.29, 0.717) is 6.61 Å². The Hall–Kier alpha value is -0.220. The largest absolute Gasteiger partial charge is 0.381 e. The lowest BCUT2D eigenvalue weighted by Crippen LogP contribution is -2.51. The second kappa shape index (κ2) is 5.03. The van der Waals surface area contributed by atoms with Crippen molar-refractivity contribution in [1.82, 2.24) is 5.32 Å². The normalized spacial score (nSPS) is 25.1. The molecule has 1 N–H and O–H groups in total. The molecule has 14 heavy (non-hydrogen) atoms. The summed E-state index contributed by atoms with van der Waals surface area (Å²) in [6.45, 7) is 4.52. The molecule has 1 heterocycles. The Balaban J connectivity index is 2.41. The maximum Gasteiger partial charge on any atom is 0.255 e. The molecule has 0 aromatic heterocycles. The Labute approximate surface area is 84.0 Å². The summed E-state index contributed by atoms with van der Waals surface area (Å²) in [5, 5.41) is 3.00. The lowest BCUT2D eigenvalue weighted by atomic mass is 10.0. The highest BCUT2D eigenvalue weighted by atomic mass is 19.3. The van der Waals surface area contributed by atoms with Crippen molar-refractivity contribution < 1.29 is 13.5 Å². The van der Waals surface area contributed by atoms with Crippen LogP contribution in [0.5, 0.6) is 0 Å². The molecule has 4 heteroatoms. The Morgan fingerprint density at radius 3 is 2.64 bits per heavy atom. The Kier molecular flexibility index (Phi) is 4.26. The van der Waals surface area contributed by atoms with Gasteiger partial charge < -0.3 is 10.1 Å². The van der Waals surface area contributed by atoms with Gasteiger partial charge in [0.05, 0.1) is 5.54 Å². The Bertz CT molecular complexity index is 166. The standard InChI is InChI=1S/C10H19F2NO/c1-10(2,9(11)12)13-8-4-3-6-14-7-5-8/h8-9,13H,3-7H2,1-2H3. The molecule has 0 aliphatic carbocycles. The summed E-state index contributed by atoms with van der Waals surface area (Å²) in [7, 11) is 0. The first kappa shape index (κ1) is 11.9. The highest BCUT2D eigenvalue weighted by Crippen LogP contribution is 2.18. The average molecular weight is 207 g/mol. The molecule has 84 valence electrons. The fourth-order valence-corrected chi connectivity index (χ4v) is 1.64. The molecule has 2 nitrogen and oxygen atoms in total. The highest BCUT2D eigenvalue weighted by Gasteiger charge is 2.31. The smallest absolute Gasteiger partial charge is 0.255 e. The van der Waals surface area contributed by atoms with Crippen molar-refractivity contribution in [2.24, 2.45) is 0 Å². The van der Waals surface area contributed by atoms with Gasteiger partial charge in [-0.3, -0.25) is 0 Å². The van der Waals surface area contributed by atoms with Gasteiger partial charge in [0.2, 0.25) is 0 Å². The predicted molar refractivity (Wildman–Crippen MR) is 51.7 cm³/mol. The van der Waals surface area contributed by atoms with Crippen LogP contribution in [0.1, 0.15) is 33.1 Å². The monoisotopic (exact) mass is 207 g/mol. The highest BCUT2D eigenvalue weighted by molar-refractivity contribution is 4.85. The van der Waals surface area contributed by atoms with Crippen LogP contribution in [-0.4, -0.2) is 31.2 Å². The minimum atomic E-state index is -2.33. The Morgan fingerprint density at radius 2 is 2.00 bits per heavy atom. The van der Waals surface area contributed by atoms with E-state index in [2.05, 4.69) is 5.32 Å². The molecule has 0 radical (unpaired) electrons. The molecule has 1 unspecified atom stereocenters. The fraction of sp³-hybridized carbons (Fsp3) is 1.00. The van der Waals surface area contributed by atoms with Crippen molar-refractivity contribution in [1.29, 1.82) is 0 Å². The van der Waals surface area contributed by atoms with Gasteiger partial charge in [-0.05, 0) is 33.1 Å². The molecule has 0 saturated carbocycles. The van der Waals surface area contributed by atoms with E-state index in [4.69, 9.17) is 4.74 Å². The van der Waals surface area contributed by atoms with E-state index in [1.54, 1.807) is 13.8 Å². The molecule has 1 rings (SSSR count). The second-order valence-electron chi connectivity index (χ2n) is 4.41. The van der Waals surface area contributed by atoms with Gasteiger partial charge in [0, 0.05) is 19.3 Å². The van der Waals surface area contributed by atoms with Gasteiger partial charge in [-0.25, -0.2) is 8.78 Å². The van der Waals surface area contributed by atoms with Crippen LogP contribution in [0.3, 0.4) is 0 Å². The lowest BCUT2D eigenvalue weighted by molar-refractivity contribution is 0.0417. The summed E-state index contributed by atoms with van der Waals surface area (Å²) < 4.78 is 30.4. The summed E-state index contributed by atoms with van der Waals surface area (Å²) >= 11 is 0. The van der Waals surface area contributed by atoms with E-state index in [9.17, 15) is 8.78 Å². The first-order valence-corrected chi connectivity index (χ1v) is 5.16. The van der Waals surface area contributed by atoms with Crippen LogP contribution in [0, 0.1) is 0 Å². The van der Waals surface area contributed by atoms with Crippen molar-refractivity contribution in [2.45, 2.75) is 51.1 Å². The maximum atomic E-state index is 12.6. The second-order valence-corrected chi connectivity index (χ2v) is 4.41. The molecule has 1 fully saturated rings. The number of nitrogens with one attached hydrogen (secondary N) is 1. The number of ether oxygens (including phenoxy) is 1. The zero-order valence-corrected chi connectivity index (χ0v) is 8.85. The molecular formula is C10H19F2NO. The van der Waals surface area contributed by atoms with Crippen molar-refractivity contribution in [2.75, 3.05) is 13.2 Å². The van der Waals surface area contributed by atoms with Crippen LogP contribution in [-0.2, 0) is 4.74 Å². The molecule has 0 spiro atoms. The predicted octanol–water partition coefficient (Wildman–Crippen LogP) is 2.19. The summed E-state index contributed by atoms with van der Waals surface area (Å²) in [5.41, 5.74) is -1.09. The zero-order valence-electron chi connectivity index (χ0n) is 8.85. The minimum absolute atomic E-state index is 0.168. The first-order chi connectivity index (χ1) is 6.52. The molecule has 1 atom stereocenters. The SMILES string of the molecule is CC(C)(NC1CCCOCC1)C(F)F. The van der Waals surface area contributed by atoms with Crippen molar-refractivity contribution in [3.63, 3.8) is 0 Å². The third-order valence-corrected chi connectivity index (χ3v) is 2.57. The Morgan fingerprint density at radius 1 is 1.29 bits per heavy atom. The summed E-state index contributed by atoms with van der Waals surface area (Å²) in [5.74, 6) is 0. The fourth-order valence-electron chi connectivity index (χ4n) is 1.64. The zero-order chi connectivity index (χ0) is 10.6. The third kappa shape index (κ3) is 3.50. The van der Waals surface area contributed by atoms with Crippen LogP contribution < -0.4 is 5.32 Å². The van der Waals surface area contributed by atoms with Gasteiger partial charge >= 0.3 is 0 Å². The maximum absolute atomic E-state index is 12.6. The number of alkyl halides is 2. The van der Waals surface area contributed by atoms with E-state index in [1.807, 2.05) is 0 Å². The van der Waals surface area contributed by atoms with Crippen molar-refractivity contribution >= 4 is 0 Å². The molecule has 0 bridgehead atoms. The van der Waals surface area contributed by atoms with Crippen LogP contribution in [0.2, 0.25) is 0 Å². The van der Waals surface area contributed by atoms with Crippen LogP contribution >= 0.6 is 0 Å². The average Bonchev–Trinajstić information content (AvgIpc) is 2.32. The minimum Gasteiger partial charge on any atom is -0.381 e. The van der Waals surface area contributed by atoms with Gasteiger partial charge in [-0.15, -0.1) is 0 Å². The number of hydrogen-bond acceptors (Lipinski definition) is 2. The van der Waals surface area contributed by atoms with E-state index in [0.717, 1.165) is 25.9 Å². The molecule has 1 aliphatic heterocycles. The van der Waals surface area contributed by atoms with E-state index in [-0.39, 0.29) is 6.04 Å². The molecule has 0 aromatic carbocycles. The number of rotatable bonds is 3. The van der Waals surface area contributed by atoms with Gasteiger partial charge in [0.15, 0.2) is 0 Å². The molecule has 0 amide bonds. The van der Waals surface area contributed by atoms with Crippen molar-refractivity contribution in [3.8, 4) is 0 Å². The molecular weight excluding hydrogens is 188 g/mol. The van der Waals surface area contributed by atoms with Crippen LogP contribution in [0.4, 0.5) is 8.78 Å². The van der Waals surface area contributed by atoms with E-state index < -0.39 is 12.0 Å². The third-order valence-electron chi connectivity index (χ3n) is 2.57. The first-order valence-electron chi connectivity index (χ1n) is 5.16. The van der Waals surface area contributed by atoms with Crippen LogP contribution in [0.15, 0.2) is 0 Å². The molecule has 0 aromatic rings. The number of hydrogen-bond donors (Lipinski definition) is 1. The van der Waals surface area contributed by atoms with Gasteiger partial charge in [0.1, 0.15) is 0 Å². The van der Waals surface area contributed by atoms with E-state index in [1.165, 1.54) is 0 Å². The van der Waals surface area contributed by atoms with E-state index >= 15 is 0 Å². The van der Waals surface area contributed by atoms with Gasteiger partial charge in [0.25, 0.3) is 6.43 Å². The molecule has 1 aliphatic rings. The summed E-state index contributed by atoms with van der Waals surface area (Å²) in [6.07, 6.45) is 0.384. The number of halogens is 2.